The van der Waals surface area contributed by atoms with Crippen molar-refractivity contribution in [3.05, 3.63) is 29.3 Å². The Balaban J connectivity index is 2.30. The summed E-state index contributed by atoms with van der Waals surface area (Å²) in [6.07, 6.45) is 2.95. The van der Waals surface area contributed by atoms with Gasteiger partial charge in [-0.1, -0.05) is 19.4 Å². The van der Waals surface area contributed by atoms with Crippen LogP contribution in [0.3, 0.4) is 0 Å². The number of aryl methyl sites for hydroxylation is 1. The van der Waals surface area contributed by atoms with Crippen LogP contribution in [0.15, 0.2) is 23.1 Å². The lowest BCUT2D eigenvalue weighted by atomic mass is 9.96. The van der Waals surface area contributed by atoms with Crippen LogP contribution in [-0.2, 0) is 10.0 Å². The molecule has 0 aliphatic carbocycles. The molecule has 1 saturated heterocycles. The van der Waals surface area contributed by atoms with E-state index in [9.17, 15) is 8.42 Å². The molecule has 0 aromatic heterocycles. The molecule has 0 unspecified atom stereocenters. The standard InChI is InChI=1S/C15H20N2O2S/c1-3-13-6-8-17(9-7-13)20(18,19)15-10-14(11-16)5-4-12(15)2/h4-5,10,13H,3,6-9H2,1-2H3. The molecule has 108 valence electrons. The number of piperidine rings is 1. The molecule has 2 rings (SSSR count). The highest BCUT2D eigenvalue weighted by Gasteiger charge is 2.29. The minimum atomic E-state index is -3.47. The summed E-state index contributed by atoms with van der Waals surface area (Å²) < 4.78 is 26.9. The molecule has 1 aliphatic rings. The average Bonchev–Trinajstić information content (AvgIpc) is 2.47. The van der Waals surface area contributed by atoms with Gasteiger partial charge in [0, 0.05) is 13.1 Å². The van der Waals surface area contributed by atoms with E-state index >= 15 is 0 Å². The van der Waals surface area contributed by atoms with Gasteiger partial charge in [0.2, 0.25) is 10.0 Å². The third-order valence-corrected chi connectivity index (χ3v) is 6.13. The highest BCUT2D eigenvalue weighted by Crippen LogP contribution is 2.27. The van der Waals surface area contributed by atoms with Gasteiger partial charge in [0.15, 0.2) is 0 Å². The summed E-state index contributed by atoms with van der Waals surface area (Å²) in [6.45, 7) is 5.08. The zero-order valence-corrected chi connectivity index (χ0v) is 12.8. The van der Waals surface area contributed by atoms with Crippen LogP contribution >= 0.6 is 0 Å². The molecule has 5 heteroatoms. The lowest BCUT2D eigenvalue weighted by molar-refractivity contribution is 0.269. The van der Waals surface area contributed by atoms with E-state index in [0.29, 0.717) is 30.1 Å². The van der Waals surface area contributed by atoms with Crippen molar-refractivity contribution in [2.75, 3.05) is 13.1 Å². The Morgan fingerprint density at radius 2 is 2.00 bits per heavy atom. The van der Waals surface area contributed by atoms with Gasteiger partial charge < -0.3 is 0 Å². The average molecular weight is 292 g/mol. The molecule has 1 aliphatic heterocycles. The van der Waals surface area contributed by atoms with Crippen LogP contribution in [0.4, 0.5) is 0 Å². The van der Waals surface area contributed by atoms with Crippen molar-refractivity contribution in [1.29, 1.82) is 5.26 Å². The summed E-state index contributed by atoms with van der Waals surface area (Å²) in [7, 11) is -3.47. The maximum atomic E-state index is 12.7. The molecule has 0 spiro atoms. The highest BCUT2D eigenvalue weighted by atomic mass is 32.2. The summed E-state index contributed by atoms with van der Waals surface area (Å²) in [6, 6.07) is 6.83. The molecule has 0 radical (unpaired) electrons. The van der Waals surface area contributed by atoms with Crippen LogP contribution in [0.5, 0.6) is 0 Å². The molecule has 4 nitrogen and oxygen atoms in total. The van der Waals surface area contributed by atoms with Gasteiger partial charge in [-0.05, 0) is 43.4 Å². The quantitative estimate of drug-likeness (QED) is 0.860. The van der Waals surface area contributed by atoms with Crippen LogP contribution in [-0.4, -0.2) is 25.8 Å². The van der Waals surface area contributed by atoms with E-state index in [4.69, 9.17) is 5.26 Å². The normalized spacial score (nSPS) is 17.9. The van der Waals surface area contributed by atoms with E-state index in [2.05, 4.69) is 6.92 Å². The number of benzene rings is 1. The van der Waals surface area contributed by atoms with E-state index in [1.807, 2.05) is 6.07 Å². The Bertz CT molecular complexity index is 624. The Hall–Kier alpha value is -1.38. The fourth-order valence-corrected chi connectivity index (χ4v) is 4.37. The fourth-order valence-electron chi connectivity index (χ4n) is 2.64. The van der Waals surface area contributed by atoms with Crippen molar-refractivity contribution >= 4 is 10.0 Å². The topological polar surface area (TPSA) is 61.2 Å². The van der Waals surface area contributed by atoms with Crippen LogP contribution in [0.25, 0.3) is 0 Å². The highest BCUT2D eigenvalue weighted by molar-refractivity contribution is 7.89. The molecule has 0 atom stereocenters. The van der Waals surface area contributed by atoms with E-state index < -0.39 is 10.0 Å². The van der Waals surface area contributed by atoms with Gasteiger partial charge in [-0.3, -0.25) is 0 Å². The van der Waals surface area contributed by atoms with Crippen molar-refractivity contribution in [1.82, 2.24) is 4.31 Å². The predicted molar refractivity (Wildman–Crippen MR) is 77.7 cm³/mol. The van der Waals surface area contributed by atoms with E-state index in [1.165, 1.54) is 6.07 Å². The second kappa shape index (κ2) is 5.94. The Morgan fingerprint density at radius 1 is 1.35 bits per heavy atom. The molecule has 0 amide bonds. The minimum absolute atomic E-state index is 0.270. The van der Waals surface area contributed by atoms with Crippen molar-refractivity contribution < 1.29 is 8.42 Å². The summed E-state index contributed by atoms with van der Waals surface area (Å²) in [4.78, 5) is 0.270. The maximum Gasteiger partial charge on any atom is 0.243 e. The first kappa shape index (κ1) is 15.0. The first-order valence-electron chi connectivity index (χ1n) is 7.00. The first-order chi connectivity index (χ1) is 9.48. The fraction of sp³-hybridized carbons (Fsp3) is 0.533. The van der Waals surface area contributed by atoms with Crippen LogP contribution < -0.4 is 0 Å². The SMILES string of the molecule is CCC1CCN(S(=O)(=O)c2cc(C#N)ccc2C)CC1. The number of rotatable bonds is 3. The smallest absolute Gasteiger partial charge is 0.207 e. The zero-order valence-electron chi connectivity index (χ0n) is 12.0. The number of nitrogens with zero attached hydrogens (tertiary/aromatic N) is 2. The van der Waals surface area contributed by atoms with E-state index in [0.717, 1.165) is 19.3 Å². The van der Waals surface area contributed by atoms with Gasteiger partial charge in [0.05, 0.1) is 16.5 Å². The van der Waals surface area contributed by atoms with Crippen LogP contribution in [0.1, 0.15) is 37.3 Å². The number of nitriles is 1. The molecule has 1 fully saturated rings. The second-order valence-electron chi connectivity index (χ2n) is 5.35. The Morgan fingerprint density at radius 3 is 2.55 bits per heavy atom. The van der Waals surface area contributed by atoms with E-state index in [1.54, 1.807) is 23.4 Å². The lowest BCUT2D eigenvalue weighted by Crippen LogP contribution is -2.38. The Labute approximate surface area is 121 Å². The third-order valence-electron chi connectivity index (χ3n) is 4.09. The Kier molecular flexibility index (Phi) is 4.46. The van der Waals surface area contributed by atoms with Gasteiger partial charge in [-0.15, -0.1) is 0 Å². The maximum absolute atomic E-state index is 12.7. The van der Waals surface area contributed by atoms with Crippen LogP contribution in [0, 0.1) is 24.2 Å². The second-order valence-corrected chi connectivity index (χ2v) is 7.25. The largest absolute Gasteiger partial charge is 0.243 e. The molecule has 0 saturated carbocycles. The van der Waals surface area contributed by atoms with Gasteiger partial charge in [0.25, 0.3) is 0 Å². The van der Waals surface area contributed by atoms with E-state index in [-0.39, 0.29) is 4.90 Å². The summed E-state index contributed by atoms with van der Waals surface area (Å²) >= 11 is 0. The first-order valence-corrected chi connectivity index (χ1v) is 8.44. The van der Waals surface area contributed by atoms with Crippen molar-refractivity contribution in [3.8, 4) is 6.07 Å². The monoisotopic (exact) mass is 292 g/mol. The van der Waals surface area contributed by atoms with Crippen LogP contribution in [0.2, 0.25) is 0 Å². The summed E-state index contributed by atoms with van der Waals surface area (Å²) in [5, 5.41) is 8.94. The predicted octanol–water partition coefficient (Wildman–Crippen LogP) is 2.68. The summed E-state index contributed by atoms with van der Waals surface area (Å²) in [5.41, 5.74) is 1.08. The zero-order chi connectivity index (χ0) is 14.8. The molecular formula is C15H20N2O2S. The molecule has 1 aromatic carbocycles. The molecular weight excluding hydrogens is 272 g/mol. The minimum Gasteiger partial charge on any atom is -0.207 e. The number of hydrogen-bond acceptors (Lipinski definition) is 3. The van der Waals surface area contributed by atoms with Crippen molar-refractivity contribution in [2.24, 2.45) is 5.92 Å². The molecule has 1 heterocycles. The molecule has 0 bridgehead atoms. The van der Waals surface area contributed by atoms with Crippen molar-refractivity contribution in [2.45, 2.75) is 38.0 Å². The van der Waals surface area contributed by atoms with Gasteiger partial charge >= 0.3 is 0 Å². The van der Waals surface area contributed by atoms with Gasteiger partial charge in [-0.2, -0.15) is 9.57 Å². The third kappa shape index (κ3) is 2.87. The molecule has 20 heavy (non-hydrogen) atoms. The molecule has 1 aromatic rings. The number of sulfonamides is 1. The van der Waals surface area contributed by atoms with Gasteiger partial charge in [0.1, 0.15) is 0 Å². The lowest BCUT2D eigenvalue weighted by Gasteiger charge is -2.31. The number of hydrogen-bond donors (Lipinski definition) is 0. The summed E-state index contributed by atoms with van der Waals surface area (Å²) in [5.74, 6) is 0.632. The molecule has 0 N–H and O–H groups in total. The van der Waals surface area contributed by atoms with Crippen molar-refractivity contribution in [3.63, 3.8) is 0 Å². The van der Waals surface area contributed by atoms with Gasteiger partial charge in [-0.25, -0.2) is 8.42 Å².